The van der Waals surface area contributed by atoms with Gasteiger partial charge in [0.25, 0.3) is 5.91 Å². The van der Waals surface area contributed by atoms with Crippen LogP contribution in [0.4, 0.5) is 0 Å². The molecule has 0 radical (unpaired) electrons. The number of nitrogens with zero attached hydrogens (tertiary/aromatic N) is 1. The van der Waals surface area contributed by atoms with Gasteiger partial charge in [0.05, 0.1) is 16.7 Å². The molecule has 2 N–H and O–H groups in total. The van der Waals surface area contributed by atoms with Gasteiger partial charge < -0.3 is 10.5 Å². The fourth-order valence-corrected chi connectivity index (χ4v) is 1.94. The molecule has 0 fully saturated rings. The summed E-state index contributed by atoms with van der Waals surface area (Å²) in [5.74, 6) is -0.310. The van der Waals surface area contributed by atoms with E-state index < -0.39 is 12.0 Å². The van der Waals surface area contributed by atoms with E-state index in [1.165, 1.54) is 6.07 Å². The van der Waals surface area contributed by atoms with Crippen molar-refractivity contribution in [2.75, 3.05) is 0 Å². The Morgan fingerprint density at radius 2 is 1.95 bits per heavy atom. The summed E-state index contributed by atoms with van der Waals surface area (Å²) in [6.07, 6.45) is -0.929. The second kappa shape index (κ2) is 6.09. The van der Waals surface area contributed by atoms with Crippen LogP contribution in [0.25, 0.3) is 0 Å². The van der Waals surface area contributed by atoms with Gasteiger partial charge in [0.15, 0.2) is 0 Å². The van der Waals surface area contributed by atoms with E-state index >= 15 is 0 Å². The Morgan fingerprint density at radius 3 is 2.50 bits per heavy atom. The highest BCUT2D eigenvalue weighted by Crippen LogP contribution is 2.29. The monoisotopic (exact) mass is 286 g/mol. The fourth-order valence-electron chi connectivity index (χ4n) is 1.71. The Hall–Kier alpha value is -2.51. The van der Waals surface area contributed by atoms with Gasteiger partial charge in [-0.1, -0.05) is 41.9 Å². The van der Waals surface area contributed by atoms with Crippen LogP contribution in [-0.2, 0) is 4.79 Å². The van der Waals surface area contributed by atoms with Gasteiger partial charge in [-0.2, -0.15) is 5.26 Å². The van der Waals surface area contributed by atoms with E-state index in [4.69, 9.17) is 27.3 Å². The zero-order valence-electron chi connectivity index (χ0n) is 10.4. The molecule has 1 atom stereocenters. The maximum absolute atomic E-state index is 11.5. The van der Waals surface area contributed by atoms with Crippen molar-refractivity contribution in [1.82, 2.24) is 0 Å². The van der Waals surface area contributed by atoms with E-state index in [0.29, 0.717) is 16.9 Å². The summed E-state index contributed by atoms with van der Waals surface area (Å²) < 4.78 is 5.58. The maximum Gasteiger partial charge on any atom is 0.263 e. The highest BCUT2D eigenvalue weighted by molar-refractivity contribution is 6.32. The highest BCUT2D eigenvalue weighted by atomic mass is 35.5. The number of hydrogen-bond donors (Lipinski definition) is 1. The maximum atomic E-state index is 11.5. The third kappa shape index (κ3) is 3.08. The number of halogens is 1. The molecule has 0 saturated carbocycles. The molecule has 4 nitrogen and oxygen atoms in total. The summed E-state index contributed by atoms with van der Waals surface area (Å²) in [7, 11) is 0. The average Bonchev–Trinajstić information content (AvgIpc) is 2.46. The molecule has 100 valence electrons. The van der Waals surface area contributed by atoms with Crippen molar-refractivity contribution in [2.45, 2.75) is 6.10 Å². The summed E-state index contributed by atoms with van der Waals surface area (Å²) in [6, 6.07) is 15.4. The van der Waals surface area contributed by atoms with Crippen LogP contribution >= 0.6 is 11.6 Å². The summed E-state index contributed by atoms with van der Waals surface area (Å²) in [6.45, 7) is 0. The van der Waals surface area contributed by atoms with Crippen molar-refractivity contribution in [3.8, 4) is 11.8 Å². The molecule has 1 amide bonds. The summed E-state index contributed by atoms with van der Waals surface area (Å²) >= 11 is 6.02. The molecule has 0 spiro atoms. The van der Waals surface area contributed by atoms with Gasteiger partial charge in [0.1, 0.15) is 5.75 Å². The fraction of sp³-hybridized carbons (Fsp3) is 0.0667. The topological polar surface area (TPSA) is 76.1 Å². The summed E-state index contributed by atoms with van der Waals surface area (Å²) in [5, 5.41) is 9.03. The number of hydrogen-bond acceptors (Lipinski definition) is 3. The van der Waals surface area contributed by atoms with Crippen molar-refractivity contribution in [2.24, 2.45) is 5.73 Å². The molecule has 0 aliphatic rings. The lowest BCUT2D eigenvalue weighted by Crippen LogP contribution is -2.26. The zero-order valence-corrected chi connectivity index (χ0v) is 11.2. The first-order valence-corrected chi connectivity index (χ1v) is 6.20. The Labute approximate surface area is 121 Å². The van der Waals surface area contributed by atoms with E-state index in [-0.39, 0.29) is 5.02 Å². The molecule has 0 bridgehead atoms. The first-order chi connectivity index (χ1) is 9.61. The van der Waals surface area contributed by atoms with Gasteiger partial charge in [-0.05, 0) is 18.2 Å². The number of primary amides is 1. The molecule has 2 aromatic rings. The molecule has 0 saturated heterocycles. The highest BCUT2D eigenvalue weighted by Gasteiger charge is 2.20. The molecule has 0 aromatic heterocycles. The van der Waals surface area contributed by atoms with Crippen LogP contribution in [0.2, 0.25) is 5.02 Å². The number of nitrogens with two attached hydrogens (primary N) is 1. The predicted octanol–water partition coefficient (Wildman–Crippen LogP) is 2.82. The minimum absolute atomic E-state index is 0.256. The molecule has 2 rings (SSSR count). The largest absolute Gasteiger partial charge is 0.474 e. The predicted molar refractivity (Wildman–Crippen MR) is 75.2 cm³/mol. The van der Waals surface area contributed by atoms with Crippen molar-refractivity contribution < 1.29 is 9.53 Å². The number of benzene rings is 2. The van der Waals surface area contributed by atoms with Crippen LogP contribution in [0, 0.1) is 11.3 Å². The Balaban J connectivity index is 2.30. The van der Waals surface area contributed by atoms with E-state index in [0.717, 1.165) is 0 Å². The number of amides is 1. The number of rotatable bonds is 4. The van der Waals surface area contributed by atoms with Crippen LogP contribution in [0.1, 0.15) is 17.2 Å². The number of ether oxygens (including phenoxy) is 1. The second-order valence-electron chi connectivity index (χ2n) is 4.07. The first-order valence-electron chi connectivity index (χ1n) is 5.82. The van der Waals surface area contributed by atoms with Crippen LogP contribution in [-0.4, -0.2) is 5.91 Å². The third-order valence-electron chi connectivity index (χ3n) is 2.67. The Kier molecular flexibility index (Phi) is 4.24. The molecule has 0 unspecified atom stereocenters. The lowest BCUT2D eigenvalue weighted by atomic mass is 10.1. The van der Waals surface area contributed by atoms with Gasteiger partial charge >= 0.3 is 0 Å². The van der Waals surface area contributed by atoms with E-state index in [1.807, 2.05) is 12.1 Å². The van der Waals surface area contributed by atoms with Gasteiger partial charge in [-0.15, -0.1) is 0 Å². The zero-order chi connectivity index (χ0) is 14.5. The van der Waals surface area contributed by atoms with Crippen LogP contribution < -0.4 is 10.5 Å². The Bertz CT molecular complexity index is 665. The van der Waals surface area contributed by atoms with E-state index in [9.17, 15) is 4.79 Å². The molecule has 5 heteroatoms. The smallest absolute Gasteiger partial charge is 0.263 e. The third-order valence-corrected chi connectivity index (χ3v) is 2.96. The summed E-state index contributed by atoms with van der Waals surface area (Å²) in [4.78, 5) is 11.5. The van der Waals surface area contributed by atoms with Crippen LogP contribution in [0.15, 0.2) is 48.5 Å². The lowest BCUT2D eigenvalue weighted by Gasteiger charge is -2.17. The van der Waals surface area contributed by atoms with Gasteiger partial charge in [-0.3, -0.25) is 4.79 Å². The minimum Gasteiger partial charge on any atom is -0.474 e. The number of carbonyl (C=O) groups excluding carboxylic acids is 1. The number of carbonyl (C=O) groups is 1. The number of nitriles is 1. The first kappa shape index (κ1) is 13.9. The Morgan fingerprint density at radius 1 is 1.25 bits per heavy atom. The molecule has 2 aromatic carbocycles. The van der Waals surface area contributed by atoms with Crippen molar-refractivity contribution in [3.05, 3.63) is 64.7 Å². The summed E-state index contributed by atoms with van der Waals surface area (Å²) in [5.41, 5.74) is 6.42. The SMILES string of the molecule is N#Cc1ccc(O[C@@H](C(N)=O)c2ccccc2)c(Cl)c1. The average molecular weight is 287 g/mol. The molecule has 0 aliphatic carbocycles. The second-order valence-corrected chi connectivity index (χ2v) is 4.48. The van der Waals surface area contributed by atoms with Crippen molar-refractivity contribution in [3.63, 3.8) is 0 Å². The molecular formula is C15H11ClN2O2. The molecule has 20 heavy (non-hydrogen) atoms. The standard InChI is InChI=1S/C15H11ClN2O2/c16-12-8-10(9-17)6-7-13(12)20-14(15(18)19)11-4-2-1-3-5-11/h1-8,14H,(H2,18,19)/t14-/m1/s1. The van der Waals surface area contributed by atoms with Gasteiger partial charge in [-0.25, -0.2) is 0 Å². The molecule has 0 heterocycles. The molecular weight excluding hydrogens is 276 g/mol. The van der Waals surface area contributed by atoms with Crippen LogP contribution in [0.5, 0.6) is 5.75 Å². The van der Waals surface area contributed by atoms with Crippen molar-refractivity contribution in [1.29, 1.82) is 5.26 Å². The van der Waals surface area contributed by atoms with Gasteiger partial charge in [0, 0.05) is 5.56 Å². The van der Waals surface area contributed by atoms with Crippen LogP contribution in [0.3, 0.4) is 0 Å². The van der Waals surface area contributed by atoms with Crippen molar-refractivity contribution >= 4 is 17.5 Å². The van der Waals surface area contributed by atoms with Gasteiger partial charge in [0.2, 0.25) is 6.10 Å². The normalized spacial score (nSPS) is 11.4. The minimum atomic E-state index is -0.929. The lowest BCUT2D eigenvalue weighted by molar-refractivity contribution is -0.125. The quantitative estimate of drug-likeness (QED) is 0.939. The van der Waals surface area contributed by atoms with E-state index in [1.54, 1.807) is 36.4 Å². The molecule has 0 aliphatic heterocycles. The van der Waals surface area contributed by atoms with E-state index in [2.05, 4.69) is 0 Å².